The van der Waals surface area contributed by atoms with Crippen molar-refractivity contribution in [2.45, 2.75) is 6.54 Å². The van der Waals surface area contributed by atoms with Crippen molar-refractivity contribution >= 4 is 38.9 Å². The molecule has 4 heteroatoms. The Morgan fingerprint density at radius 2 is 2.42 bits per heavy atom. The average Bonchev–Trinajstić information content (AvgIpc) is 2.35. The summed E-state index contributed by atoms with van der Waals surface area (Å²) in [4.78, 5) is 1.24. The largest absolute Gasteiger partial charge is 0.307 e. The third-order valence-corrected chi connectivity index (χ3v) is 2.76. The Morgan fingerprint density at radius 3 is 2.92 bits per heavy atom. The van der Waals surface area contributed by atoms with E-state index in [0.717, 1.165) is 21.9 Å². The topological polar surface area (TPSA) is 12.0 Å². The fourth-order valence-corrected chi connectivity index (χ4v) is 2.02. The Balaban J connectivity index is 2.29. The third-order valence-electron chi connectivity index (χ3n) is 1.24. The smallest absolute Gasteiger partial charge is 0.0931 e. The molecule has 0 fully saturated rings. The number of thiophene rings is 1. The minimum atomic E-state index is 0.787. The molecule has 0 aliphatic carbocycles. The van der Waals surface area contributed by atoms with Crippen molar-refractivity contribution in [1.29, 1.82) is 0 Å². The zero-order valence-electron chi connectivity index (χ0n) is 6.44. The first-order chi connectivity index (χ1) is 5.68. The normalized spacial score (nSPS) is 10.2. The summed E-state index contributed by atoms with van der Waals surface area (Å²) in [6.07, 6.45) is 0. The van der Waals surface area contributed by atoms with Crippen LogP contribution in [-0.4, -0.2) is 6.54 Å². The van der Waals surface area contributed by atoms with Gasteiger partial charge >= 0.3 is 0 Å². The van der Waals surface area contributed by atoms with Gasteiger partial charge in [-0.1, -0.05) is 34.1 Å². The lowest BCUT2D eigenvalue weighted by atomic mass is 10.4. The van der Waals surface area contributed by atoms with E-state index in [1.54, 1.807) is 11.3 Å². The maximum atomic E-state index is 5.77. The van der Waals surface area contributed by atoms with Crippen LogP contribution < -0.4 is 5.32 Å². The van der Waals surface area contributed by atoms with Crippen LogP contribution in [0.3, 0.4) is 0 Å². The molecule has 0 atom stereocenters. The summed E-state index contributed by atoms with van der Waals surface area (Å²) in [5, 5.41) is 3.22. The van der Waals surface area contributed by atoms with E-state index < -0.39 is 0 Å². The highest BCUT2D eigenvalue weighted by Gasteiger charge is 1.96. The Hall–Kier alpha value is 0.170. The Labute approximate surface area is 89.6 Å². The number of halogens is 2. The van der Waals surface area contributed by atoms with Crippen molar-refractivity contribution in [3.63, 3.8) is 0 Å². The van der Waals surface area contributed by atoms with Gasteiger partial charge in [0, 0.05) is 22.4 Å². The molecular formula is C8H9BrClNS. The molecule has 0 amide bonds. The lowest BCUT2D eigenvalue weighted by Crippen LogP contribution is -2.13. The molecule has 1 nitrogen and oxygen atoms in total. The van der Waals surface area contributed by atoms with E-state index in [0.29, 0.717) is 0 Å². The van der Waals surface area contributed by atoms with Crippen LogP contribution in [0, 0.1) is 0 Å². The van der Waals surface area contributed by atoms with Crippen LogP contribution in [0.15, 0.2) is 23.2 Å². The lowest BCUT2D eigenvalue weighted by molar-refractivity contribution is 0.767. The molecule has 1 aromatic heterocycles. The average molecular weight is 267 g/mol. The van der Waals surface area contributed by atoms with Crippen LogP contribution >= 0.6 is 38.9 Å². The Kier molecular flexibility index (Phi) is 4.29. The molecule has 1 rings (SSSR count). The van der Waals surface area contributed by atoms with Gasteiger partial charge in [0.1, 0.15) is 0 Å². The van der Waals surface area contributed by atoms with Gasteiger partial charge in [-0.15, -0.1) is 11.3 Å². The summed E-state index contributed by atoms with van der Waals surface area (Å²) in [5.74, 6) is 0. The summed E-state index contributed by atoms with van der Waals surface area (Å²) < 4.78 is 1.80. The molecule has 1 heterocycles. The summed E-state index contributed by atoms with van der Waals surface area (Å²) in [6, 6.07) is 3.93. The van der Waals surface area contributed by atoms with Crippen molar-refractivity contribution in [3.8, 4) is 0 Å². The molecule has 0 aliphatic rings. The van der Waals surface area contributed by atoms with Crippen molar-refractivity contribution < 1.29 is 0 Å². The number of rotatable bonds is 4. The number of nitrogens with one attached hydrogen (secondary N) is 1. The summed E-state index contributed by atoms with van der Waals surface area (Å²) in [5.41, 5.74) is 0. The SMILES string of the molecule is C=C(Br)CNCc1ccc(Cl)s1. The van der Waals surface area contributed by atoms with Crippen LogP contribution in [0.5, 0.6) is 0 Å². The Morgan fingerprint density at radius 1 is 1.67 bits per heavy atom. The second-order valence-corrected chi connectivity index (χ2v) is 5.25. The van der Waals surface area contributed by atoms with Gasteiger partial charge in [0.2, 0.25) is 0 Å². The molecule has 0 aliphatic heterocycles. The first-order valence-electron chi connectivity index (χ1n) is 3.46. The summed E-state index contributed by atoms with van der Waals surface area (Å²) in [7, 11) is 0. The molecule has 0 aromatic carbocycles. The van der Waals surface area contributed by atoms with Crippen LogP contribution in [-0.2, 0) is 6.54 Å². The lowest BCUT2D eigenvalue weighted by Gasteiger charge is -1.99. The molecular weight excluding hydrogens is 258 g/mol. The standard InChI is InChI=1S/C8H9BrClNS/c1-6(9)4-11-5-7-2-3-8(10)12-7/h2-3,11H,1,4-5H2. The van der Waals surface area contributed by atoms with Gasteiger partial charge in [0.05, 0.1) is 4.34 Å². The fraction of sp³-hybridized carbons (Fsp3) is 0.250. The fourth-order valence-electron chi connectivity index (χ4n) is 0.768. The molecule has 0 unspecified atom stereocenters. The zero-order chi connectivity index (χ0) is 8.97. The summed E-state index contributed by atoms with van der Waals surface area (Å²) >= 11 is 10.6. The minimum Gasteiger partial charge on any atom is -0.307 e. The Bertz CT molecular complexity index is 272. The summed E-state index contributed by atoms with van der Waals surface area (Å²) in [6.45, 7) is 5.36. The highest BCUT2D eigenvalue weighted by Crippen LogP contribution is 2.20. The predicted molar refractivity (Wildman–Crippen MR) is 59.1 cm³/mol. The van der Waals surface area contributed by atoms with Crippen LogP contribution in [0.1, 0.15) is 4.88 Å². The van der Waals surface area contributed by atoms with E-state index in [1.165, 1.54) is 4.88 Å². The van der Waals surface area contributed by atoms with Crippen LogP contribution in [0.4, 0.5) is 0 Å². The van der Waals surface area contributed by atoms with E-state index in [1.807, 2.05) is 12.1 Å². The van der Waals surface area contributed by atoms with Crippen molar-refractivity contribution in [2.75, 3.05) is 6.54 Å². The van der Waals surface area contributed by atoms with E-state index in [4.69, 9.17) is 11.6 Å². The van der Waals surface area contributed by atoms with Gasteiger partial charge in [-0.25, -0.2) is 0 Å². The van der Waals surface area contributed by atoms with E-state index in [9.17, 15) is 0 Å². The second kappa shape index (κ2) is 5.02. The maximum Gasteiger partial charge on any atom is 0.0931 e. The molecule has 0 radical (unpaired) electrons. The van der Waals surface area contributed by atoms with Crippen molar-refractivity contribution in [3.05, 3.63) is 32.4 Å². The van der Waals surface area contributed by atoms with Gasteiger partial charge in [-0.2, -0.15) is 0 Å². The highest BCUT2D eigenvalue weighted by atomic mass is 79.9. The number of hydrogen-bond donors (Lipinski definition) is 1. The van der Waals surface area contributed by atoms with Gasteiger partial charge in [-0.3, -0.25) is 0 Å². The molecule has 0 spiro atoms. The van der Waals surface area contributed by atoms with E-state index in [2.05, 4.69) is 27.8 Å². The molecule has 1 N–H and O–H groups in total. The zero-order valence-corrected chi connectivity index (χ0v) is 9.60. The molecule has 0 saturated heterocycles. The predicted octanol–water partition coefficient (Wildman–Crippen LogP) is 3.40. The van der Waals surface area contributed by atoms with Gasteiger partial charge in [0.15, 0.2) is 0 Å². The van der Waals surface area contributed by atoms with Crippen molar-refractivity contribution in [2.24, 2.45) is 0 Å². The molecule has 1 aromatic rings. The van der Waals surface area contributed by atoms with Gasteiger partial charge in [-0.05, 0) is 12.1 Å². The highest BCUT2D eigenvalue weighted by molar-refractivity contribution is 9.11. The second-order valence-electron chi connectivity index (χ2n) is 2.33. The maximum absolute atomic E-state index is 5.77. The molecule has 0 bridgehead atoms. The quantitative estimate of drug-likeness (QED) is 0.881. The minimum absolute atomic E-state index is 0.787. The van der Waals surface area contributed by atoms with Crippen LogP contribution in [0.25, 0.3) is 0 Å². The first kappa shape index (κ1) is 10.3. The van der Waals surface area contributed by atoms with E-state index in [-0.39, 0.29) is 0 Å². The monoisotopic (exact) mass is 265 g/mol. The number of hydrogen-bond acceptors (Lipinski definition) is 2. The van der Waals surface area contributed by atoms with Gasteiger partial charge in [0.25, 0.3) is 0 Å². The van der Waals surface area contributed by atoms with E-state index >= 15 is 0 Å². The van der Waals surface area contributed by atoms with Crippen molar-refractivity contribution in [1.82, 2.24) is 5.32 Å². The molecule has 0 saturated carbocycles. The first-order valence-corrected chi connectivity index (χ1v) is 5.45. The van der Waals surface area contributed by atoms with Crippen LogP contribution in [0.2, 0.25) is 4.34 Å². The molecule has 12 heavy (non-hydrogen) atoms. The third kappa shape index (κ3) is 3.72. The molecule has 66 valence electrons. The van der Waals surface area contributed by atoms with Gasteiger partial charge < -0.3 is 5.32 Å².